The predicted molar refractivity (Wildman–Crippen MR) is 80.7 cm³/mol. The lowest BCUT2D eigenvalue weighted by Crippen LogP contribution is -2.10. The smallest absolute Gasteiger partial charge is 0.304 e. The van der Waals surface area contributed by atoms with Crippen LogP contribution in [-0.2, 0) is 9.53 Å². The third kappa shape index (κ3) is 11.4. The predicted octanol–water partition coefficient (Wildman–Crippen LogP) is 2.83. The minimum atomic E-state index is -0.645. The maximum atomic E-state index is 10.7. The highest BCUT2D eigenvalue weighted by atomic mass is 16.5. The van der Waals surface area contributed by atoms with Crippen molar-refractivity contribution in [2.45, 2.75) is 64.6 Å². The number of aliphatic hydroxyl groups is 1. The highest BCUT2D eigenvalue weighted by Crippen LogP contribution is 2.06. The van der Waals surface area contributed by atoms with Gasteiger partial charge >= 0.3 is 5.97 Å². The Kier molecular flexibility index (Phi) is 11.3. The first-order valence-electron chi connectivity index (χ1n) is 7.09. The summed E-state index contributed by atoms with van der Waals surface area (Å²) in [5.74, 6) is 10.0. The van der Waals surface area contributed by atoms with Crippen molar-refractivity contribution in [1.29, 1.82) is 0 Å². The molecule has 110 valence electrons. The zero-order chi connectivity index (χ0) is 15.2. The van der Waals surface area contributed by atoms with Crippen LogP contribution in [0.3, 0.4) is 0 Å². The monoisotopic (exact) mass is 276 g/mol. The van der Waals surface area contributed by atoms with Crippen LogP contribution < -0.4 is 0 Å². The fraction of sp³-hybridized carbons (Fsp3) is 0.588. The van der Waals surface area contributed by atoms with Crippen LogP contribution in [0, 0.1) is 23.7 Å². The number of hydrogen-bond donors (Lipinski definition) is 1. The summed E-state index contributed by atoms with van der Waals surface area (Å²) in [5.41, 5.74) is 0. The van der Waals surface area contributed by atoms with E-state index in [0.29, 0.717) is 6.42 Å². The Morgan fingerprint density at radius 2 is 1.90 bits per heavy atom. The molecule has 0 fully saturated rings. The second-order valence-corrected chi connectivity index (χ2v) is 4.52. The molecule has 0 aliphatic heterocycles. The van der Waals surface area contributed by atoms with E-state index in [4.69, 9.17) is 4.74 Å². The quantitative estimate of drug-likeness (QED) is 0.321. The molecule has 20 heavy (non-hydrogen) atoms. The first-order chi connectivity index (χ1) is 9.60. The summed E-state index contributed by atoms with van der Waals surface area (Å²) in [6, 6.07) is 0. The lowest BCUT2D eigenvalue weighted by atomic mass is 10.1. The Morgan fingerprint density at radius 1 is 1.25 bits per heavy atom. The van der Waals surface area contributed by atoms with Crippen molar-refractivity contribution in [3.63, 3.8) is 0 Å². The molecule has 0 aliphatic carbocycles. The topological polar surface area (TPSA) is 46.5 Å². The highest BCUT2D eigenvalue weighted by Gasteiger charge is 2.01. The average molecular weight is 276 g/mol. The summed E-state index contributed by atoms with van der Waals surface area (Å²) in [7, 11) is 0. The lowest BCUT2D eigenvalue weighted by molar-refractivity contribution is -0.142. The number of rotatable bonds is 8. The fourth-order valence-corrected chi connectivity index (χ4v) is 1.56. The lowest BCUT2D eigenvalue weighted by Gasteiger charge is -2.03. The molecule has 0 spiro atoms. The number of hydrogen-bond acceptors (Lipinski definition) is 3. The number of carbonyl (C=O) groups excluding carboxylic acids is 1. The second kappa shape index (κ2) is 12.3. The van der Waals surface area contributed by atoms with E-state index in [2.05, 4.69) is 37.2 Å². The highest BCUT2D eigenvalue weighted by molar-refractivity contribution is 5.66. The molecule has 0 saturated carbocycles. The normalized spacial score (nSPS) is 12.2. The Morgan fingerprint density at radius 3 is 2.50 bits per heavy atom. The van der Waals surface area contributed by atoms with Crippen molar-refractivity contribution >= 4 is 5.97 Å². The molecule has 0 bridgehead atoms. The third-order valence-corrected chi connectivity index (χ3v) is 2.60. The number of esters is 1. The third-order valence-electron chi connectivity index (χ3n) is 2.60. The van der Waals surface area contributed by atoms with Crippen molar-refractivity contribution in [2.24, 2.45) is 0 Å². The Labute approximate surface area is 122 Å². The van der Waals surface area contributed by atoms with E-state index < -0.39 is 18.2 Å². The maximum absolute atomic E-state index is 10.7. The minimum absolute atomic E-state index is 0.413. The van der Waals surface area contributed by atoms with Gasteiger partial charge in [-0.3, -0.25) is 4.79 Å². The van der Waals surface area contributed by atoms with Crippen LogP contribution in [0.5, 0.6) is 0 Å². The van der Waals surface area contributed by atoms with Crippen molar-refractivity contribution in [2.75, 3.05) is 0 Å². The summed E-state index contributed by atoms with van der Waals surface area (Å²) < 4.78 is 4.85. The molecule has 2 atom stereocenters. The molecule has 0 radical (unpaired) electrons. The zero-order valence-electron chi connectivity index (χ0n) is 12.4. The largest absolute Gasteiger partial charge is 0.445 e. The van der Waals surface area contributed by atoms with Crippen molar-refractivity contribution in [3.05, 3.63) is 12.7 Å². The Balaban J connectivity index is 4.00. The molecule has 0 aromatic carbocycles. The molecule has 0 amide bonds. The van der Waals surface area contributed by atoms with Gasteiger partial charge in [-0.25, -0.2) is 0 Å². The molecule has 0 aliphatic rings. The van der Waals surface area contributed by atoms with Crippen LogP contribution in [-0.4, -0.2) is 23.3 Å². The molecular weight excluding hydrogens is 252 g/mol. The van der Waals surface area contributed by atoms with Gasteiger partial charge in [0.15, 0.2) is 6.10 Å². The number of unbranched alkanes of at least 4 members (excludes halogenated alkanes) is 4. The van der Waals surface area contributed by atoms with E-state index in [1.165, 1.54) is 32.3 Å². The van der Waals surface area contributed by atoms with Gasteiger partial charge in [-0.1, -0.05) is 45.1 Å². The summed E-state index contributed by atoms with van der Waals surface area (Å²) in [6.07, 6.45) is 6.59. The SMILES string of the molecule is C=C[C@H](C#CC#C[C@H](O)CCCCCCC)OC(C)=O. The molecular formula is C17H24O3. The van der Waals surface area contributed by atoms with E-state index in [-0.39, 0.29) is 0 Å². The van der Waals surface area contributed by atoms with Gasteiger partial charge in [0, 0.05) is 6.92 Å². The standard InChI is InChI=1S/C17H24O3/c1-4-6-7-8-9-12-16(19)13-10-11-14-17(5-2)20-15(3)18/h5,16-17,19H,2,4,6-9,12H2,1,3H3/t16-,17-/m1/s1. The van der Waals surface area contributed by atoms with Crippen molar-refractivity contribution in [1.82, 2.24) is 0 Å². The van der Waals surface area contributed by atoms with Gasteiger partial charge in [-0.05, 0) is 36.7 Å². The van der Waals surface area contributed by atoms with Gasteiger partial charge in [-0.2, -0.15) is 0 Å². The van der Waals surface area contributed by atoms with E-state index in [1.54, 1.807) is 0 Å². The van der Waals surface area contributed by atoms with Crippen LogP contribution in [0.25, 0.3) is 0 Å². The van der Waals surface area contributed by atoms with Crippen LogP contribution in [0.1, 0.15) is 52.4 Å². The Bertz CT molecular complexity index is 403. The molecule has 3 heteroatoms. The number of carbonyl (C=O) groups is 1. The van der Waals surface area contributed by atoms with Crippen molar-refractivity contribution in [3.8, 4) is 23.7 Å². The van der Waals surface area contributed by atoms with Gasteiger partial charge in [-0.15, -0.1) is 0 Å². The second-order valence-electron chi connectivity index (χ2n) is 4.52. The molecule has 0 rings (SSSR count). The van der Waals surface area contributed by atoms with E-state index >= 15 is 0 Å². The molecule has 0 unspecified atom stereocenters. The maximum Gasteiger partial charge on any atom is 0.304 e. The summed E-state index contributed by atoms with van der Waals surface area (Å²) in [4.78, 5) is 10.7. The van der Waals surface area contributed by atoms with E-state index in [9.17, 15) is 9.90 Å². The van der Waals surface area contributed by atoms with Crippen molar-refractivity contribution < 1.29 is 14.6 Å². The summed E-state index contributed by atoms with van der Waals surface area (Å²) in [5, 5.41) is 9.63. The van der Waals surface area contributed by atoms with Gasteiger partial charge in [0.2, 0.25) is 0 Å². The van der Waals surface area contributed by atoms with Crippen LogP contribution in [0.2, 0.25) is 0 Å². The molecule has 0 aromatic heterocycles. The first kappa shape index (κ1) is 18.3. The van der Waals surface area contributed by atoms with E-state index in [1.807, 2.05) is 0 Å². The number of aliphatic hydroxyl groups excluding tert-OH is 1. The molecule has 0 saturated heterocycles. The Hall–Kier alpha value is -1.71. The summed E-state index contributed by atoms with van der Waals surface area (Å²) >= 11 is 0. The summed E-state index contributed by atoms with van der Waals surface area (Å²) in [6.45, 7) is 7.00. The van der Waals surface area contributed by atoms with Crippen LogP contribution in [0.4, 0.5) is 0 Å². The average Bonchev–Trinajstić information content (AvgIpc) is 2.41. The first-order valence-corrected chi connectivity index (χ1v) is 7.09. The molecule has 0 heterocycles. The zero-order valence-corrected chi connectivity index (χ0v) is 12.4. The van der Waals surface area contributed by atoms with Gasteiger partial charge < -0.3 is 9.84 Å². The molecule has 1 N–H and O–H groups in total. The van der Waals surface area contributed by atoms with E-state index in [0.717, 1.165) is 12.8 Å². The van der Waals surface area contributed by atoms with Crippen LogP contribution in [0.15, 0.2) is 12.7 Å². The van der Waals surface area contributed by atoms with Gasteiger partial charge in [0.1, 0.15) is 6.10 Å². The minimum Gasteiger partial charge on any atom is -0.445 e. The van der Waals surface area contributed by atoms with Gasteiger partial charge in [0.05, 0.1) is 0 Å². The fourth-order valence-electron chi connectivity index (χ4n) is 1.56. The van der Waals surface area contributed by atoms with Gasteiger partial charge in [0.25, 0.3) is 0 Å². The van der Waals surface area contributed by atoms with Crippen LogP contribution >= 0.6 is 0 Å². The molecule has 0 aromatic rings. The molecule has 3 nitrogen and oxygen atoms in total. The number of ether oxygens (including phenoxy) is 1.